The molecule has 0 aliphatic rings. The zero-order chi connectivity index (χ0) is 18.8. The number of aromatic nitrogens is 4. The maximum Gasteiger partial charge on any atom is 0.253 e. The molecule has 0 aliphatic carbocycles. The molecule has 138 valence electrons. The van der Waals surface area contributed by atoms with Crippen LogP contribution in [0.15, 0.2) is 28.3 Å². The highest BCUT2D eigenvalue weighted by Gasteiger charge is 2.19. The van der Waals surface area contributed by atoms with Crippen molar-refractivity contribution in [1.82, 2.24) is 19.3 Å². The van der Waals surface area contributed by atoms with E-state index in [9.17, 15) is 13.2 Å². The van der Waals surface area contributed by atoms with E-state index >= 15 is 0 Å². The van der Waals surface area contributed by atoms with Crippen LogP contribution >= 0.6 is 0 Å². The summed E-state index contributed by atoms with van der Waals surface area (Å²) in [5.41, 5.74) is 0.266. The molecule has 0 aliphatic heterocycles. The van der Waals surface area contributed by atoms with Gasteiger partial charge in [0.15, 0.2) is 5.82 Å². The van der Waals surface area contributed by atoms with E-state index in [0.29, 0.717) is 18.0 Å². The molecule has 25 heavy (non-hydrogen) atoms. The first-order valence-corrected chi connectivity index (χ1v) is 13.5. The highest BCUT2D eigenvalue weighted by Crippen LogP contribution is 2.17. The van der Waals surface area contributed by atoms with E-state index in [1.54, 1.807) is 19.3 Å². The van der Waals surface area contributed by atoms with Crippen LogP contribution in [0.1, 0.15) is 0 Å². The number of ether oxygens (including phenoxy) is 1. The molecule has 2 aromatic heterocycles. The normalized spacial score (nSPS) is 12.5. The van der Waals surface area contributed by atoms with E-state index in [4.69, 9.17) is 4.74 Å². The molecule has 0 unspecified atom stereocenters. The van der Waals surface area contributed by atoms with Crippen LogP contribution in [-0.4, -0.2) is 48.7 Å². The minimum Gasteiger partial charge on any atom is -0.361 e. The van der Waals surface area contributed by atoms with Gasteiger partial charge in [-0.3, -0.25) is 9.36 Å². The van der Waals surface area contributed by atoms with Gasteiger partial charge in [0.25, 0.3) is 5.56 Å². The van der Waals surface area contributed by atoms with Crippen molar-refractivity contribution in [2.24, 2.45) is 7.05 Å². The summed E-state index contributed by atoms with van der Waals surface area (Å²) >= 11 is 0. The Morgan fingerprint density at radius 1 is 1.24 bits per heavy atom. The van der Waals surface area contributed by atoms with Crippen LogP contribution < -0.4 is 5.56 Å². The fourth-order valence-electron chi connectivity index (χ4n) is 2.18. The van der Waals surface area contributed by atoms with Gasteiger partial charge in [0.1, 0.15) is 6.73 Å². The maximum absolute atomic E-state index is 12.2. The van der Waals surface area contributed by atoms with Gasteiger partial charge in [0, 0.05) is 45.8 Å². The zero-order valence-electron chi connectivity index (χ0n) is 15.2. The van der Waals surface area contributed by atoms with Crippen molar-refractivity contribution in [2.75, 3.05) is 12.9 Å². The van der Waals surface area contributed by atoms with Gasteiger partial charge in [0.2, 0.25) is 15.0 Å². The van der Waals surface area contributed by atoms with Crippen molar-refractivity contribution >= 4 is 17.9 Å². The van der Waals surface area contributed by atoms with Gasteiger partial charge in [-0.2, -0.15) is 0 Å². The molecule has 0 aromatic carbocycles. The van der Waals surface area contributed by atoms with Gasteiger partial charge >= 0.3 is 0 Å². The minimum absolute atomic E-state index is 0.138. The number of pyridine rings is 1. The van der Waals surface area contributed by atoms with Crippen molar-refractivity contribution in [3.63, 3.8) is 0 Å². The maximum atomic E-state index is 12.2. The molecule has 0 saturated heterocycles. The lowest BCUT2D eigenvalue weighted by atomic mass is 10.2. The second-order valence-electron chi connectivity index (χ2n) is 7.21. The predicted molar refractivity (Wildman–Crippen MR) is 97.9 cm³/mol. The zero-order valence-corrected chi connectivity index (χ0v) is 17.0. The molecule has 0 atom stereocenters. The Morgan fingerprint density at radius 3 is 2.44 bits per heavy atom. The van der Waals surface area contributed by atoms with Crippen LogP contribution in [0.4, 0.5) is 0 Å². The summed E-state index contributed by atoms with van der Waals surface area (Å²) in [5, 5.41) is 7.44. The van der Waals surface area contributed by atoms with Gasteiger partial charge in [-0.15, -0.1) is 10.2 Å². The lowest BCUT2D eigenvalue weighted by Crippen LogP contribution is -2.24. The average Bonchev–Trinajstić information content (AvgIpc) is 2.85. The Labute approximate surface area is 148 Å². The highest BCUT2D eigenvalue weighted by molar-refractivity contribution is 7.90. The van der Waals surface area contributed by atoms with Crippen molar-refractivity contribution in [1.29, 1.82) is 0 Å². The SMILES string of the molecule is Cn1c(-c2ccn(COCC[Si](C)(C)C)c(=O)c2)nnc1S(C)(=O)=O. The average molecular weight is 385 g/mol. The second-order valence-corrected chi connectivity index (χ2v) is 14.7. The second kappa shape index (κ2) is 7.22. The standard InChI is InChI=1S/C15H24N4O4SSi/c1-18-14(16-17-15(18)24(2,21)22)12-6-7-19(13(20)10-12)11-23-8-9-25(3,4)5/h6-7,10H,8-9,11H2,1-5H3. The summed E-state index contributed by atoms with van der Waals surface area (Å²) in [6.07, 6.45) is 2.68. The van der Waals surface area contributed by atoms with Crippen molar-refractivity contribution in [3.05, 3.63) is 28.7 Å². The highest BCUT2D eigenvalue weighted by atomic mass is 32.2. The summed E-state index contributed by atoms with van der Waals surface area (Å²) < 4.78 is 31.7. The molecule has 10 heteroatoms. The minimum atomic E-state index is -3.48. The van der Waals surface area contributed by atoms with Crippen molar-refractivity contribution < 1.29 is 13.2 Å². The number of nitrogens with zero attached hydrogens (tertiary/aromatic N) is 4. The molecule has 0 amide bonds. The molecular weight excluding hydrogens is 360 g/mol. The quantitative estimate of drug-likeness (QED) is 0.528. The van der Waals surface area contributed by atoms with Gasteiger partial charge in [-0.25, -0.2) is 8.42 Å². The Bertz CT molecular complexity index is 912. The lowest BCUT2D eigenvalue weighted by Gasteiger charge is -2.15. The van der Waals surface area contributed by atoms with Gasteiger partial charge < -0.3 is 9.30 Å². The molecule has 0 radical (unpaired) electrons. The Balaban J connectivity index is 2.15. The summed E-state index contributed by atoms with van der Waals surface area (Å²) in [7, 11) is -3.09. The number of hydrogen-bond donors (Lipinski definition) is 0. The molecule has 2 heterocycles. The van der Waals surface area contributed by atoms with Crippen LogP contribution in [0, 0.1) is 0 Å². The molecule has 0 fully saturated rings. The monoisotopic (exact) mass is 384 g/mol. The lowest BCUT2D eigenvalue weighted by molar-refractivity contribution is 0.0848. The Morgan fingerprint density at radius 2 is 1.92 bits per heavy atom. The predicted octanol–water partition coefficient (Wildman–Crippen LogP) is 1.36. The number of sulfone groups is 1. The van der Waals surface area contributed by atoms with E-state index in [0.717, 1.165) is 12.3 Å². The van der Waals surface area contributed by atoms with Gasteiger partial charge in [0.05, 0.1) is 0 Å². The van der Waals surface area contributed by atoms with E-state index in [1.807, 2.05) is 0 Å². The third-order valence-corrected chi connectivity index (χ3v) is 6.37. The molecule has 0 bridgehead atoms. The molecule has 0 spiro atoms. The summed E-state index contributed by atoms with van der Waals surface area (Å²) in [6.45, 7) is 7.62. The summed E-state index contributed by atoms with van der Waals surface area (Å²) in [5.74, 6) is 0.323. The summed E-state index contributed by atoms with van der Waals surface area (Å²) in [4.78, 5) is 12.2. The van der Waals surface area contributed by atoms with Crippen molar-refractivity contribution in [2.45, 2.75) is 37.6 Å². The first-order chi connectivity index (χ1) is 11.5. The van der Waals surface area contributed by atoms with Crippen molar-refractivity contribution in [3.8, 4) is 11.4 Å². The van der Waals surface area contributed by atoms with Crippen LogP contribution in [0.5, 0.6) is 0 Å². The van der Waals surface area contributed by atoms with Crippen LogP contribution in [-0.2, 0) is 28.4 Å². The number of hydrogen-bond acceptors (Lipinski definition) is 6. The largest absolute Gasteiger partial charge is 0.361 e. The third kappa shape index (κ3) is 5.09. The third-order valence-electron chi connectivity index (χ3n) is 3.65. The molecule has 8 nitrogen and oxygen atoms in total. The van der Waals surface area contributed by atoms with Gasteiger partial charge in [-0.05, 0) is 12.1 Å². The molecular formula is C15H24N4O4SSi. The number of rotatable bonds is 7. The van der Waals surface area contributed by atoms with E-state index in [-0.39, 0.29) is 17.4 Å². The first-order valence-electron chi connectivity index (χ1n) is 7.87. The molecule has 0 N–H and O–H groups in total. The van der Waals surface area contributed by atoms with Crippen LogP contribution in [0.2, 0.25) is 25.7 Å². The first kappa shape index (κ1) is 19.5. The smallest absolute Gasteiger partial charge is 0.253 e. The van der Waals surface area contributed by atoms with Crippen LogP contribution in [0.3, 0.4) is 0 Å². The summed E-state index contributed by atoms with van der Waals surface area (Å²) in [6, 6.07) is 4.13. The van der Waals surface area contributed by atoms with Crippen LogP contribution in [0.25, 0.3) is 11.4 Å². The Hall–Kier alpha value is -1.78. The van der Waals surface area contributed by atoms with E-state index < -0.39 is 17.9 Å². The molecule has 0 saturated carbocycles. The van der Waals surface area contributed by atoms with E-state index in [2.05, 4.69) is 29.8 Å². The molecule has 2 aromatic rings. The van der Waals surface area contributed by atoms with E-state index in [1.165, 1.54) is 15.2 Å². The topological polar surface area (TPSA) is 96.1 Å². The molecule has 2 rings (SSSR count). The Kier molecular flexibility index (Phi) is 5.64. The fourth-order valence-corrected chi connectivity index (χ4v) is 3.71. The fraction of sp³-hybridized carbons (Fsp3) is 0.533. The van der Waals surface area contributed by atoms with Gasteiger partial charge in [-0.1, -0.05) is 19.6 Å².